The lowest BCUT2D eigenvalue weighted by molar-refractivity contribution is -0.173. The average Bonchev–Trinajstić information content (AvgIpc) is 3.00. The molecule has 2 aliphatic rings. The molecule has 0 amide bonds. The number of hydrogen-bond donors (Lipinski definition) is 0. The molecule has 7 heteroatoms. The summed E-state index contributed by atoms with van der Waals surface area (Å²) < 4.78 is 15.4. The number of esters is 2. The second-order valence-electron chi connectivity index (χ2n) is 7.34. The predicted molar refractivity (Wildman–Crippen MR) is 101 cm³/mol. The topological polar surface area (TPSA) is 82.1 Å². The summed E-state index contributed by atoms with van der Waals surface area (Å²) in [4.78, 5) is 40.3. The Morgan fingerprint density at radius 1 is 1.25 bits per heavy atom. The van der Waals surface area contributed by atoms with E-state index in [2.05, 4.69) is 4.90 Å². The van der Waals surface area contributed by atoms with E-state index in [0.29, 0.717) is 13.0 Å². The standard InChI is InChI=1S/C21H27NO6/c1-4-28-19(24)12-21(20(25)27-3)17-9-8-15(11-18(21)23)22(17)13-14-6-5-7-16(10-14)26-2/h5-7,10,15,17H,4,8-9,11-13H2,1-3H3/t15-,17-,21-/m1/s1. The van der Waals surface area contributed by atoms with Crippen LogP contribution in [0.2, 0.25) is 0 Å². The molecule has 152 valence electrons. The first kappa shape index (κ1) is 20.3. The fourth-order valence-electron chi connectivity index (χ4n) is 4.65. The molecule has 3 atom stereocenters. The summed E-state index contributed by atoms with van der Waals surface area (Å²) in [6.45, 7) is 2.47. The van der Waals surface area contributed by atoms with Crippen molar-refractivity contribution >= 4 is 17.7 Å². The molecule has 0 radical (unpaired) electrons. The SMILES string of the molecule is CCOC(=O)C[C@]1(C(=O)OC)C(=O)C[C@H]2CC[C@H]1N2Cc1cccc(OC)c1. The molecule has 0 saturated carbocycles. The fourth-order valence-corrected chi connectivity index (χ4v) is 4.65. The highest BCUT2D eigenvalue weighted by atomic mass is 16.5. The van der Waals surface area contributed by atoms with Crippen LogP contribution in [-0.2, 0) is 30.4 Å². The van der Waals surface area contributed by atoms with Crippen LogP contribution in [0.4, 0.5) is 0 Å². The van der Waals surface area contributed by atoms with Crippen LogP contribution in [0.15, 0.2) is 24.3 Å². The maximum atomic E-state index is 13.1. The lowest BCUT2D eigenvalue weighted by Crippen LogP contribution is -2.61. The van der Waals surface area contributed by atoms with Crippen LogP contribution >= 0.6 is 0 Å². The van der Waals surface area contributed by atoms with Crippen LogP contribution in [0.5, 0.6) is 5.75 Å². The summed E-state index contributed by atoms with van der Waals surface area (Å²) in [5, 5.41) is 0. The smallest absolute Gasteiger partial charge is 0.321 e. The van der Waals surface area contributed by atoms with Crippen LogP contribution in [-0.4, -0.2) is 55.5 Å². The second-order valence-corrected chi connectivity index (χ2v) is 7.34. The van der Waals surface area contributed by atoms with E-state index in [4.69, 9.17) is 14.2 Å². The number of rotatable bonds is 7. The quantitative estimate of drug-likeness (QED) is 0.522. The van der Waals surface area contributed by atoms with Gasteiger partial charge in [-0.05, 0) is 37.5 Å². The van der Waals surface area contributed by atoms with Crippen molar-refractivity contribution in [1.82, 2.24) is 4.90 Å². The number of fused-ring (bicyclic) bond motifs is 2. The molecule has 3 rings (SSSR count). The Hall–Kier alpha value is -2.41. The van der Waals surface area contributed by atoms with Gasteiger partial charge in [-0.25, -0.2) is 0 Å². The number of nitrogens with zero attached hydrogens (tertiary/aromatic N) is 1. The number of Topliss-reactive ketones (excluding diaryl/α,β-unsaturated/α-hetero) is 1. The Morgan fingerprint density at radius 3 is 2.71 bits per heavy atom. The van der Waals surface area contributed by atoms with Crippen molar-refractivity contribution in [2.45, 2.75) is 51.2 Å². The Kier molecular flexibility index (Phi) is 6.03. The number of piperidine rings is 1. The molecule has 2 saturated heterocycles. The van der Waals surface area contributed by atoms with Crippen LogP contribution in [0.1, 0.15) is 38.2 Å². The van der Waals surface area contributed by atoms with E-state index in [1.54, 1.807) is 14.0 Å². The molecular weight excluding hydrogens is 362 g/mol. The van der Waals surface area contributed by atoms with Crippen molar-refractivity contribution < 1.29 is 28.6 Å². The van der Waals surface area contributed by atoms with Crippen molar-refractivity contribution in [3.05, 3.63) is 29.8 Å². The summed E-state index contributed by atoms with van der Waals surface area (Å²) in [6, 6.07) is 7.39. The van der Waals surface area contributed by atoms with Gasteiger partial charge in [0.05, 0.1) is 27.2 Å². The van der Waals surface area contributed by atoms with Crippen LogP contribution < -0.4 is 4.74 Å². The zero-order valence-corrected chi connectivity index (χ0v) is 16.6. The van der Waals surface area contributed by atoms with E-state index in [1.165, 1.54) is 7.11 Å². The number of carbonyl (C=O) groups is 3. The number of benzene rings is 1. The predicted octanol–water partition coefficient (Wildman–Crippen LogP) is 2.11. The third-order valence-electron chi connectivity index (χ3n) is 5.91. The molecular formula is C21H27NO6. The van der Waals surface area contributed by atoms with Gasteiger partial charge in [0.2, 0.25) is 0 Å². The molecule has 1 aromatic rings. The van der Waals surface area contributed by atoms with Gasteiger partial charge in [0.25, 0.3) is 0 Å². The van der Waals surface area contributed by atoms with E-state index in [0.717, 1.165) is 17.7 Å². The fraction of sp³-hybridized carbons (Fsp3) is 0.571. The third-order valence-corrected chi connectivity index (χ3v) is 5.91. The Balaban J connectivity index is 1.94. The first-order valence-electron chi connectivity index (χ1n) is 9.62. The summed E-state index contributed by atoms with van der Waals surface area (Å²) in [5.74, 6) is -0.662. The zero-order chi connectivity index (χ0) is 20.3. The van der Waals surface area contributed by atoms with E-state index >= 15 is 0 Å². The van der Waals surface area contributed by atoms with Gasteiger partial charge in [0.1, 0.15) is 5.75 Å². The lowest BCUT2D eigenvalue weighted by atomic mass is 9.70. The first-order chi connectivity index (χ1) is 13.5. The van der Waals surface area contributed by atoms with Gasteiger partial charge < -0.3 is 14.2 Å². The summed E-state index contributed by atoms with van der Waals surface area (Å²) >= 11 is 0. The number of methoxy groups -OCH3 is 2. The third kappa shape index (κ3) is 3.51. The average molecular weight is 389 g/mol. The van der Waals surface area contributed by atoms with Gasteiger partial charge in [-0.15, -0.1) is 0 Å². The highest BCUT2D eigenvalue weighted by Gasteiger charge is 2.62. The zero-order valence-electron chi connectivity index (χ0n) is 16.6. The minimum Gasteiger partial charge on any atom is -0.497 e. The Labute approximate surface area is 164 Å². The molecule has 2 aliphatic heterocycles. The molecule has 2 bridgehead atoms. The minimum absolute atomic E-state index is 0.0590. The summed E-state index contributed by atoms with van der Waals surface area (Å²) in [6.07, 6.45) is 1.42. The summed E-state index contributed by atoms with van der Waals surface area (Å²) in [7, 11) is 2.87. The summed E-state index contributed by atoms with van der Waals surface area (Å²) in [5.41, 5.74) is -0.479. The molecule has 0 aliphatic carbocycles. The van der Waals surface area contributed by atoms with Gasteiger partial charge in [-0.2, -0.15) is 0 Å². The molecule has 2 heterocycles. The molecule has 0 aromatic heterocycles. The molecule has 0 N–H and O–H groups in total. The molecule has 7 nitrogen and oxygen atoms in total. The number of hydrogen-bond acceptors (Lipinski definition) is 7. The molecule has 0 spiro atoms. The van der Waals surface area contributed by atoms with Gasteiger partial charge in [0.15, 0.2) is 11.2 Å². The number of ketones is 1. The van der Waals surface area contributed by atoms with E-state index in [1.807, 2.05) is 24.3 Å². The van der Waals surface area contributed by atoms with Crippen LogP contribution in [0, 0.1) is 5.41 Å². The maximum Gasteiger partial charge on any atom is 0.321 e. The maximum absolute atomic E-state index is 13.1. The number of carbonyl (C=O) groups excluding carboxylic acids is 3. The Bertz CT molecular complexity index is 763. The minimum atomic E-state index is -1.51. The largest absolute Gasteiger partial charge is 0.497 e. The second kappa shape index (κ2) is 8.31. The van der Waals surface area contributed by atoms with Gasteiger partial charge in [0, 0.05) is 25.0 Å². The van der Waals surface area contributed by atoms with Crippen molar-refractivity contribution in [1.29, 1.82) is 0 Å². The molecule has 2 fully saturated rings. The van der Waals surface area contributed by atoms with E-state index in [-0.39, 0.29) is 37.3 Å². The van der Waals surface area contributed by atoms with Gasteiger partial charge in [-0.1, -0.05) is 12.1 Å². The monoisotopic (exact) mass is 389 g/mol. The van der Waals surface area contributed by atoms with Crippen LogP contribution in [0.25, 0.3) is 0 Å². The normalized spacial score (nSPS) is 26.8. The van der Waals surface area contributed by atoms with Crippen LogP contribution in [0.3, 0.4) is 0 Å². The first-order valence-corrected chi connectivity index (χ1v) is 9.62. The molecule has 28 heavy (non-hydrogen) atoms. The van der Waals surface area contributed by atoms with E-state index < -0.39 is 17.4 Å². The molecule has 0 unspecified atom stereocenters. The van der Waals surface area contributed by atoms with Gasteiger partial charge in [-0.3, -0.25) is 19.3 Å². The number of ether oxygens (including phenoxy) is 3. The Morgan fingerprint density at radius 2 is 2.04 bits per heavy atom. The van der Waals surface area contributed by atoms with Crippen molar-refractivity contribution in [3.63, 3.8) is 0 Å². The highest BCUT2D eigenvalue weighted by Crippen LogP contribution is 2.48. The van der Waals surface area contributed by atoms with Gasteiger partial charge >= 0.3 is 11.9 Å². The van der Waals surface area contributed by atoms with Crippen molar-refractivity contribution in [2.24, 2.45) is 5.41 Å². The highest BCUT2D eigenvalue weighted by molar-refractivity contribution is 6.08. The van der Waals surface area contributed by atoms with Crippen molar-refractivity contribution in [3.8, 4) is 5.75 Å². The van der Waals surface area contributed by atoms with Crippen molar-refractivity contribution in [2.75, 3.05) is 20.8 Å². The molecule has 1 aromatic carbocycles. The van der Waals surface area contributed by atoms with E-state index in [9.17, 15) is 14.4 Å². The lowest BCUT2D eigenvalue weighted by Gasteiger charge is -2.45.